The van der Waals surface area contributed by atoms with Crippen molar-refractivity contribution in [3.8, 4) is 5.69 Å². The largest absolute Gasteiger partial charge is 0.336 e. The summed E-state index contributed by atoms with van der Waals surface area (Å²) in [6.45, 7) is 6.84. The van der Waals surface area contributed by atoms with Crippen molar-refractivity contribution >= 4 is 28.9 Å². The second kappa shape index (κ2) is 10.0. The molecular weight excluding hydrogens is 464 g/mol. The Balaban J connectivity index is 1.45. The molecule has 9 nitrogen and oxygen atoms in total. The zero-order valence-electron chi connectivity index (χ0n) is 20.6. The van der Waals surface area contributed by atoms with Crippen LogP contribution in [0.1, 0.15) is 49.5 Å². The first-order valence-corrected chi connectivity index (χ1v) is 12.3. The summed E-state index contributed by atoms with van der Waals surface area (Å²) < 4.78 is 1.46. The van der Waals surface area contributed by atoms with Crippen LogP contribution in [0.15, 0.2) is 46.3 Å². The average molecular weight is 495 g/mol. The maximum absolute atomic E-state index is 13.0. The van der Waals surface area contributed by atoms with Gasteiger partial charge in [0.2, 0.25) is 0 Å². The molecule has 1 atom stereocenters. The number of thiophene rings is 1. The van der Waals surface area contributed by atoms with Gasteiger partial charge in [-0.15, -0.1) is 11.3 Å². The third kappa shape index (κ3) is 5.13. The van der Waals surface area contributed by atoms with Crippen LogP contribution >= 0.6 is 11.3 Å². The number of aromatic nitrogens is 2. The van der Waals surface area contributed by atoms with E-state index in [4.69, 9.17) is 0 Å². The van der Waals surface area contributed by atoms with Gasteiger partial charge in [0, 0.05) is 24.8 Å². The fourth-order valence-corrected chi connectivity index (χ4v) is 5.04. The molecule has 3 aromatic rings. The Hall–Kier alpha value is -3.50. The first-order valence-electron chi connectivity index (χ1n) is 11.4. The Labute approximate surface area is 208 Å². The second-order valence-corrected chi connectivity index (χ2v) is 10.1. The summed E-state index contributed by atoms with van der Waals surface area (Å²) in [5.41, 5.74) is 5.54. The molecule has 1 fully saturated rings. The molecule has 10 heteroatoms. The number of carbonyl (C=O) groups excluding carboxylic acids is 2. The van der Waals surface area contributed by atoms with E-state index in [-0.39, 0.29) is 11.5 Å². The third-order valence-electron chi connectivity index (χ3n) is 6.27. The SMILES string of the molecule is CC(=NNC(=O)c1ccc(C(=O)N2CCC(N(C)C)C2)s1)c1c(C)[nH]n(-c2ccc(C)cc2)c1=O. The smallest absolute Gasteiger partial charge is 0.281 e. The molecule has 0 saturated carbocycles. The first kappa shape index (κ1) is 24.6. The van der Waals surface area contributed by atoms with Gasteiger partial charge in [0.15, 0.2) is 0 Å². The van der Waals surface area contributed by atoms with Crippen molar-refractivity contribution < 1.29 is 9.59 Å². The number of aromatic amines is 1. The molecular formula is C25H30N6O3S. The molecule has 3 heterocycles. The van der Waals surface area contributed by atoms with Crippen LogP contribution in [0.5, 0.6) is 0 Å². The van der Waals surface area contributed by atoms with E-state index >= 15 is 0 Å². The lowest BCUT2D eigenvalue weighted by molar-refractivity contribution is 0.0787. The highest BCUT2D eigenvalue weighted by molar-refractivity contribution is 7.15. The topological polar surface area (TPSA) is 103 Å². The number of H-pyrrole nitrogens is 1. The first-order chi connectivity index (χ1) is 16.7. The Kier molecular flexibility index (Phi) is 7.04. The van der Waals surface area contributed by atoms with Crippen LogP contribution in [0.3, 0.4) is 0 Å². The van der Waals surface area contributed by atoms with E-state index in [9.17, 15) is 14.4 Å². The van der Waals surface area contributed by atoms with E-state index in [0.29, 0.717) is 45.9 Å². The van der Waals surface area contributed by atoms with Gasteiger partial charge in [-0.25, -0.2) is 10.1 Å². The van der Waals surface area contributed by atoms with E-state index in [1.807, 2.05) is 50.2 Å². The normalized spacial score (nSPS) is 16.2. The Morgan fingerprint density at radius 3 is 2.46 bits per heavy atom. The van der Waals surface area contributed by atoms with Crippen LogP contribution in [0.4, 0.5) is 0 Å². The van der Waals surface area contributed by atoms with Crippen molar-refractivity contribution in [3.63, 3.8) is 0 Å². The van der Waals surface area contributed by atoms with Gasteiger partial charge in [0.1, 0.15) is 0 Å². The molecule has 35 heavy (non-hydrogen) atoms. The number of nitrogens with one attached hydrogen (secondary N) is 2. The highest BCUT2D eigenvalue weighted by atomic mass is 32.1. The minimum absolute atomic E-state index is 0.0577. The molecule has 4 rings (SSSR count). The number of benzene rings is 1. The summed E-state index contributed by atoms with van der Waals surface area (Å²) in [6, 6.07) is 11.3. The van der Waals surface area contributed by atoms with Crippen LogP contribution in [0.2, 0.25) is 0 Å². The van der Waals surface area contributed by atoms with Gasteiger partial charge in [-0.05, 0) is 65.6 Å². The fraction of sp³-hybridized carbons (Fsp3) is 0.360. The Morgan fingerprint density at radius 1 is 1.11 bits per heavy atom. The summed E-state index contributed by atoms with van der Waals surface area (Å²) >= 11 is 1.14. The van der Waals surface area contributed by atoms with Gasteiger partial charge in [-0.3, -0.25) is 19.5 Å². The molecule has 1 saturated heterocycles. The molecule has 1 aromatic carbocycles. The van der Waals surface area contributed by atoms with E-state index in [0.717, 1.165) is 29.0 Å². The minimum Gasteiger partial charge on any atom is -0.336 e. The lowest BCUT2D eigenvalue weighted by Gasteiger charge is -2.19. The van der Waals surface area contributed by atoms with Gasteiger partial charge < -0.3 is 9.80 Å². The van der Waals surface area contributed by atoms with Gasteiger partial charge >= 0.3 is 0 Å². The highest BCUT2D eigenvalue weighted by Crippen LogP contribution is 2.22. The number of carbonyl (C=O) groups is 2. The number of hydrazone groups is 1. The number of likely N-dealkylation sites (N-methyl/N-ethyl adjacent to an activating group) is 1. The van der Waals surface area contributed by atoms with Crippen molar-refractivity contribution in [2.45, 2.75) is 33.2 Å². The van der Waals surface area contributed by atoms with Gasteiger partial charge in [0.25, 0.3) is 17.4 Å². The number of rotatable bonds is 6. The minimum atomic E-state index is -0.423. The maximum atomic E-state index is 13.0. The quantitative estimate of drug-likeness (QED) is 0.406. The number of hydrogen-bond donors (Lipinski definition) is 2. The van der Waals surface area contributed by atoms with Gasteiger partial charge in [-0.1, -0.05) is 17.7 Å². The monoisotopic (exact) mass is 494 g/mol. The molecule has 1 aliphatic heterocycles. The predicted octanol–water partition coefficient (Wildman–Crippen LogP) is 2.77. The van der Waals surface area contributed by atoms with Crippen molar-refractivity contribution in [3.05, 3.63) is 73.3 Å². The number of hydrogen-bond acceptors (Lipinski definition) is 6. The van der Waals surface area contributed by atoms with Gasteiger partial charge in [-0.2, -0.15) is 5.10 Å². The van der Waals surface area contributed by atoms with Gasteiger partial charge in [0.05, 0.1) is 26.7 Å². The summed E-state index contributed by atoms with van der Waals surface area (Å²) in [5, 5.41) is 7.23. The standard InChI is InChI=1S/C25H30N6O3S/c1-15-6-8-18(9-7-15)31-25(34)22(17(3)28-31)16(2)26-27-23(32)20-10-11-21(35-20)24(33)30-13-12-19(14-30)29(4)5/h6-11,19,28H,12-14H2,1-5H3,(H,27,32). The van der Waals surface area contributed by atoms with Crippen LogP contribution < -0.4 is 11.0 Å². The zero-order chi connectivity index (χ0) is 25.3. The molecule has 0 aliphatic carbocycles. The molecule has 184 valence electrons. The maximum Gasteiger partial charge on any atom is 0.281 e. The molecule has 1 unspecified atom stereocenters. The average Bonchev–Trinajstić information content (AvgIpc) is 3.57. The van der Waals surface area contributed by atoms with Crippen LogP contribution in [0, 0.1) is 13.8 Å². The second-order valence-electron chi connectivity index (χ2n) is 9.05. The number of aryl methyl sites for hydroxylation is 2. The number of amides is 2. The number of nitrogens with zero attached hydrogens (tertiary/aromatic N) is 4. The lowest BCUT2D eigenvalue weighted by Crippen LogP contribution is -2.34. The number of likely N-dealkylation sites (tertiary alicyclic amines) is 1. The summed E-state index contributed by atoms with van der Waals surface area (Å²) in [5.74, 6) is -0.481. The van der Waals surface area contributed by atoms with E-state index in [1.165, 1.54) is 4.68 Å². The van der Waals surface area contributed by atoms with Crippen molar-refractivity contribution in [1.29, 1.82) is 0 Å². The van der Waals surface area contributed by atoms with E-state index < -0.39 is 5.91 Å². The molecule has 0 radical (unpaired) electrons. The molecule has 0 bridgehead atoms. The molecule has 0 spiro atoms. The Morgan fingerprint density at radius 2 is 1.80 bits per heavy atom. The molecule has 2 N–H and O–H groups in total. The zero-order valence-corrected chi connectivity index (χ0v) is 21.4. The lowest BCUT2D eigenvalue weighted by atomic mass is 10.2. The van der Waals surface area contributed by atoms with Crippen molar-refractivity contribution in [1.82, 2.24) is 25.0 Å². The molecule has 2 amide bonds. The predicted molar refractivity (Wildman–Crippen MR) is 138 cm³/mol. The van der Waals surface area contributed by atoms with Crippen LogP contribution in [-0.2, 0) is 0 Å². The fourth-order valence-electron chi connectivity index (χ4n) is 4.17. The molecule has 2 aromatic heterocycles. The summed E-state index contributed by atoms with van der Waals surface area (Å²) in [4.78, 5) is 43.4. The highest BCUT2D eigenvalue weighted by Gasteiger charge is 2.29. The van der Waals surface area contributed by atoms with Crippen LogP contribution in [0.25, 0.3) is 5.69 Å². The van der Waals surface area contributed by atoms with Crippen LogP contribution in [-0.4, -0.2) is 70.3 Å². The molecule has 1 aliphatic rings. The van der Waals surface area contributed by atoms with E-state index in [1.54, 1.807) is 26.0 Å². The summed E-state index contributed by atoms with van der Waals surface area (Å²) in [7, 11) is 4.03. The van der Waals surface area contributed by atoms with E-state index in [2.05, 4.69) is 20.5 Å². The van der Waals surface area contributed by atoms with Crippen molar-refractivity contribution in [2.24, 2.45) is 5.10 Å². The third-order valence-corrected chi connectivity index (χ3v) is 7.34. The van der Waals surface area contributed by atoms with Crippen molar-refractivity contribution in [2.75, 3.05) is 27.2 Å². The Bertz CT molecular complexity index is 1330. The summed E-state index contributed by atoms with van der Waals surface area (Å²) in [6.07, 6.45) is 0.940.